The number of methoxy groups -OCH3 is 1. The Hall–Kier alpha value is -1.36. The minimum atomic E-state index is -3.00. The number of carbonyl (C=O) groups is 1. The van der Waals surface area contributed by atoms with Gasteiger partial charge in [0.2, 0.25) is 0 Å². The predicted octanol–water partition coefficient (Wildman–Crippen LogP) is 4.50. The van der Waals surface area contributed by atoms with Crippen LogP contribution in [0.4, 0.5) is 9.18 Å². The third-order valence-electron chi connectivity index (χ3n) is 5.72. The number of amides is 1. The van der Waals surface area contributed by atoms with E-state index in [-0.39, 0.29) is 24.9 Å². The molecular weight excluding hydrogens is 515 g/mol. The van der Waals surface area contributed by atoms with Gasteiger partial charge in [0.25, 0.3) is 0 Å². The molecule has 0 spiro atoms. The zero-order valence-corrected chi connectivity index (χ0v) is 23.2. The smallest absolute Gasteiger partial charge is 0.417 e. The number of carbonyl (C=O) groups excluding carboxylic acids is 1. The summed E-state index contributed by atoms with van der Waals surface area (Å²) in [6.07, 6.45) is 1.00. The normalized spacial score (nSPS) is 22.9. The average molecular weight is 552 g/mol. The second-order valence-electron chi connectivity index (χ2n) is 10.1. The van der Waals surface area contributed by atoms with Crippen molar-refractivity contribution in [2.45, 2.75) is 57.4 Å². The van der Waals surface area contributed by atoms with Crippen LogP contribution in [-0.4, -0.2) is 70.4 Å². The summed E-state index contributed by atoms with van der Waals surface area (Å²) in [5, 5.41) is 0. The molecule has 1 amide bonds. The van der Waals surface area contributed by atoms with Crippen molar-refractivity contribution in [1.29, 1.82) is 0 Å². The van der Waals surface area contributed by atoms with E-state index in [0.29, 0.717) is 16.6 Å². The van der Waals surface area contributed by atoms with Crippen LogP contribution in [0, 0.1) is 5.82 Å². The lowest BCUT2D eigenvalue weighted by Gasteiger charge is -2.49. The topological polar surface area (TPSA) is 77.4 Å². The van der Waals surface area contributed by atoms with Crippen LogP contribution in [0.5, 0.6) is 0 Å². The van der Waals surface area contributed by atoms with Crippen molar-refractivity contribution in [3.63, 3.8) is 0 Å². The standard InChI is InChI=1S/C23H36BrFN2O5S/c1-21(2,3)32-20(28)27(15-31-12-11-30-7)19-22(4,5)33(8,29)14-23(6,26-19)17-13-16(24)9-10-18(17)25/h9-10,13,33H,11-12,14-15H2,1-8H3/t23-/m0/s1. The highest BCUT2D eigenvalue weighted by molar-refractivity contribution is 9.10. The first-order valence-electron chi connectivity index (χ1n) is 10.7. The lowest BCUT2D eigenvalue weighted by molar-refractivity contribution is -0.00307. The Morgan fingerprint density at radius 3 is 2.48 bits per heavy atom. The molecule has 1 atom stereocenters. The summed E-state index contributed by atoms with van der Waals surface area (Å²) < 4.78 is 44.9. The zero-order valence-electron chi connectivity index (χ0n) is 20.7. The number of thiol groups is 1. The van der Waals surface area contributed by atoms with E-state index < -0.39 is 37.7 Å². The van der Waals surface area contributed by atoms with Gasteiger partial charge in [-0.3, -0.25) is 9.20 Å². The number of rotatable bonds is 6. The van der Waals surface area contributed by atoms with Crippen molar-refractivity contribution in [1.82, 2.24) is 4.90 Å². The second kappa shape index (κ2) is 10.1. The van der Waals surface area contributed by atoms with E-state index in [9.17, 15) is 13.4 Å². The van der Waals surface area contributed by atoms with Crippen LogP contribution >= 0.6 is 15.9 Å². The summed E-state index contributed by atoms with van der Waals surface area (Å²) in [5.74, 6) is -0.0619. The van der Waals surface area contributed by atoms with Gasteiger partial charge in [0.15, 0.2) is 0 Å². The monoisotopic (exact) mass is 550 g/mol. The lowest BCUT2D eigenvalue weighted by atomic mass is 9.93. The summed E-state index contributed by atoms with van der Waals surface area (Å²) in [5.41, 5.74) is -1.62. The number of benzene rings is 1. The highest BCUT2D eigenvalue weighted by Crippen LogP contribution is 2.42. The van der Waals surface area contributed by atoms with E-state index in [1.165, 1.54) is 11.0 Å². The molecule has 188 valence electrons. The maximum atomic E-state index is 14.9. The summed E-state index contributed by atoms with van der Waals surface area (Å²) in [7, 11) is -1.45. The third-order valence-corrected chi connectivity index (χ3v) is 10.00. The molecule has 0 fully saturated rings. The van der Waals surface area contributed by atoms with Crippen molar-refractivity contribution in [3.8, 4) is 0 Å². The summed E-state index contributed by atoms with van der Waals surface area (Å²) >= 11 is 3.39. The van der Waals surface area contributed by atoms with E-state index in [2.05, 4.69) is 15.9 Å². The quantitative estimate of drug-likeness (QED) is 0.320. The molecular formula is C23H36BrFN2O5S. The second-order valence-corrected chi connectivity index (χ2v) is 14.6. The molecule has 0 aliphatic carbocycles. The van der Waals surface area contributed by atoms with Crippen LogP contribution in [0.1, 0.15) is 47.1 Å². The molecule has 10 heteroatoms. The summed E-state index contributed by atoms with van der Waals surface area (Å²) in [6.45, 7) is 11.0. The Labute approximate surface area is 205 Å². The fraction of sp³-hybridized carbons (Fsp3) is 0.652. The first-order chi connectivity index (χ1) is 15.0. The summed E-state index contributed by atoms with van der Waals surface area (Å²) in [6, 6.07) is 4.59. The minimum Gasteiger partial charge on any atom is -0.443 e. The Morgan fingerprint density at radius 1 is 1.27 bits per heavy atom. The van der Waals surface area contributed by atoms with E-state index in [0.717, 1.165) is 0 Å². The molecule has 1 aliphatic heterocycles. The van der Waals surface area contributed by atoms with Gasteiger partial charge in [0.05, 0.1) is 23.5 Å². The largest absolute Gasteiger partial charge is 0.443 e. The molecule has 1 aromatic carbocycles. The van der Waals surface area contributed by atoms with Crippen molar-refractivity contribution < 1.29 is 27.6 Å². The Balaban J connectivity index is 2.66. The average Bonchev–Trinajstić information content (AvgIpc) is 2.65. The zero-order chi connectivity index (χ0) is 25.2. The molecule has 0 N–H and O–H groups in total. The van der Waals surface area contributed by atoms with Crippen LogP contribution in [0.2, 0.25) is 0 Å². The van der Waals surface area contributed by atoms with Crippen molar-refractivity contribution in [2.24, 2.45) is 4.99 Å². The van der Waals surface area contributed by atoms with Crippen LogP contribution in [0.15, 0.2) is 27.7 Å². The molecule has 0 unspecified atom stereocenters. The van der Waals surface area contributed by atoms with E-state index in [1.54, 1.807) is 67.0 Å². The maximum Gasteiger partial charge on any atom is 0.417 e. The van der Waals surface area contributed by atoms with Crippen molar-refractivity contribution in [3.05, 3.63) is 34.1 Å². The first kappa shape index (κ1) is 27.9. The number of amidine groups is 1. The van der Waals surface area contributed by atoms with Gasteiger partial charge in [-0.15, -0.1) is 0 Å². The molecule has 33 heavy (non-hydrogen) atoms. The summed E-state index contributed by atoms with van der Waals surface area (Å²) in [4.78, 5) is 19.4. The number of nitrogens with zero attached hydrogens (tertiary/aromatic N) is 2. The molecule has 7 nitrogen and oxygen atoms in total. The molecule has 2 rings (SSSR count). The molecule has 1 aromatic rings. The fourth-order valence-corrected chi connectivity index (χ4v) is 6.43. The predicted molar refractivity (Wildman–Crippen MR) is 134 cm³/mol. The number of halogens is 2. The molecule has 0 bridgehead atoms. The third kappa shape index (κ3) is 6.41. The van der Waals surface area contributed by atoms with Crippen molar-refractivity contribution >= 4 is 37.8 Å². The maximum absolute atomic E-state index is 14.9. The lowest BCUT2D eigenvalue weighted by Crippen LogP contribution is -2.61. The highest BCUT2D eigenvalue weighted by atomic mass is 79.9. The fourth-order valence-electron chi connectivity index (χ4n) is 3.66. The number of hydrogen-bond acceptors (Lipinski definition) is 6. The van der Waals surface area contributed by atoms with Gasteiger partial charge in [0, 0.05) is 22.9 Å². The molecule has 0 radical (unpaired) electrons. The van der Waals surface area contributed by atoms with Crippen LogP contribution in [-0.2, 0) is 29.7 Å². The molecule has 1 heterocycles. The molecule has 0 saturated carbocycles. The Bertz CT molecular complexity index is 963. The van der Waals surface area contributed by atoms with Gasteiger partial charge in [-0.05, 0) is 66.0 Å². The Kier molecular flexibility index (Phi) is 8.53. The number of hydrogen-bond donors (Lipinski definition) is 1. The SMILES string of the molecule is COCCOCN(C(=O)OC(C)(C)C)C1=N[C@](C)(c2cc(Br)ccc2F)C[SH](C)(=O)C1(C)C. The minimum absolute atomic E-state index is 0.149. The number of aliphatic imine (C=N–C) groups is 1. The van der Waals surface area contributed by atoms with Gasteiger partial charge >= 0.3 is 6.09 Å². The molecule has 1 aliphatic rings. The first-order valence-corrected chi connectivity index (χ1v) is 13.9. The number of ether oxygens (including phenoxy) is 3. The van der Waals surface area contributed by atoms with Gasteiger partial charge < -0.3 is 14.2 Å². The Morgan fingerprint density at radius 2 is 1.91 bits per heavy atom. The van der Waals surface area contributed by atoms with Gasteiger partial charge in [0.1, 0.15) is 24.0 Å². The van der Waals surface area contributed by atoms with Gasteiger partial charge in [-0.1, -0.05) is 25.9 Å². The highest BCUT2D eigenvalue weighted by Gasteiger charge is 2.51. The molecule has 0 aromatic heterocycles. The van der Waals surface area contributed by atoms with Crippen LogP contribution < -0.4 is 0 Å². The van der Waals surface area contributed by atoms with Crippen LogP contribution in [0.3, 0.4) is 0 Å². The van der Waals surface area contributed by atoms with Crippen LogP contribution in [0.25, 0.3) is 0 Å². The van der Waals surface area contributed by atoms with E-state index in [1.807, 2.05) is 0 Å². The van der Waals surface area contributed by atoms with Crippen molar-refractivity contribution in [2.75, 3.05) is 39.1 Å². The van der Waals surface area contributed by atoms with E-state index in [4.69, 9.17) is 19.2 Å². The van der Waals surface area contributed by atoms with Gasteiger partial charge in [-0.25, -0.2) is 14.1 Å². The van der Waals surface area contributed by atoms with E-state index >= 15 is 0 Å². The molecule has 0 saturated heterocycles. The van der Waals surface area contributed by atoms with Gasteiger partial charge in [-0.2, -0.15) is 0 Å².